The highest BCUT2D eigenvalue weighted by molar-refractivity contribution is 5.88. The minimum absolute atomic E-state index is 0.104. The Morgan fingerprint density at radius 1 is 1.31 bits per heavy atom. The normalized spacial score (nSPS) is 25.9. The molecule has 0 aliphatic heterocycles. The van der Waals surface area contributed by atoms with Crippen LogP contribution in [0.2, 0.25) is 0 Å². The van der Waals surface area contributed by atoms with Gasteiger partial charge in [0.1, 0.15) is 5.78 Å². The molecule has 156 valence electrons. The second kappa shape index (κ2) is 9.15. The zero-order chi connectivity index (χ0) is 21.0. The number of nitrogens with one attached hydrogen (secondary N) is 1. The molecule has 8 heteroatoms. The number of fused-ring (bicyclic) bond motifs is 1. The van der Waals surface area contributed by atoms with Gasteiger partial charge < -0.3 is 10.1 Å². The van der Waals surface area contributed by atoms with E-state index < -0.39 is 35.2 Å². The minimum atomic E-state index is -0.712. The molecule has 0 bridgehead atoms. The number of carbonyl (C=O) groups excluding carboxylic acids is 3. The molecule has 1 N–H and O–H groups in total. The summed E-state index contributed by atoms with van der Waals surface area (Å²) in [6.45, 7) is 1.02. The highest BCUT2D eigenvalue weighted by Gasteiger charge is 2.44. The minimum Gasteiger partial charge on any atom is -0.456 e. The van der Waals surface area contributed by atoms with Crippen molar-refractivity contribution in [2.75, 3.05) is 13.2 Å². The Hall–Kier alpha value is -2.77. The number of amides is 1. The van der Waals surface area contributed by atoms with Crippen molar-refractivity contribution in [1.82, 2.24) is 5.32 Å². The molecule has 1 aromatic carbocycles. The number of rotatable bonds is 7. The molecule has 1 amide bonds. The Balaban J connectivity index is 1.50. The second-order valence-corrected chi connectivity index (χ2v) is 8.01. The lowest BCUT2D eigenvalue weighted by Crippen LogP contribution is -2.34. The highest BCUT2D eigenvalue weighted by Crippen LogP contribution is 2.36. The Kier molecular flexibility index (Phi) is 6.61. The monoisotopic (exact) mass is 402 g/mol. The molecule has 0 spiro atoms. The van der Waals surface area contributed by atoms with Crippen LogP contribution in [-0.2, 0) is 25.5 Å². The lowest BCUT2D eigenvalue weighted by atomic mass is 9.88. The number of aryl methyl sites for hydroxylation is 1. The number of benzene rings is 1. The van der Waals surface area contributed by atoms with Crippen LogP contribution in [0.5, 0.6) is 0 Å². The Labute approximate surface area is 169 Å². The zero-order valence-electron chi connectivity index (χ0n) is 16.5. The van der Waals surface area contributed by atoms with Crippen molar-refractivity contribution in [2.24, 2.45) is 17.8 Å². The van der Waals surface area contributed by atoms with Crippen LogP contribution in [0.15, 0.2) is 24.3 Å². The van der Waals surface area contributed by atoms with Gasteiger partial charge in [-0.2, -0.15) is 0 Å². The molecule has 8 nitrogen and oxygen atoms in total. The molecular formula is C21H26N2O6. The first-order valence-electron chi connectivity index (χ1n) is 10.0. The van der Waals surface area contributed by atoms with Crippen molar-refractivity contribution in [3.63, 3.8) is 0 Å². The molecule has 1 aromatic rings. The summed E-state index contributed by atoms with van der Waals surface area (Å²) in [6.07, 6.45) is 2.80. The summed E-state index contributed by atoms with van der Waals surface area (Å²) in [5, 5.41) is 13.8. The Bertz CT molecular complexity index is 808. The molecule has 0 aromatic heterocycles. The molecule has 0 heterocycles. The summed E-state index contributed by atoms with van der Waals surface area (Å²) in [6, 6.07) is 7.85. The van der Waals surface area contributed by atoms with Gasteiger partial charge in [0.05, 0.1) is 12.5 Å². The first-order chi connectivity index (χ1) is 13.8. The van der Waals surface area contributed by atoms with Crippen LogP contribution >= 0.6 is 0 Å². The molecular weight excluding hydrogens is 376 g/mol. The number of nitrogens with zero attached hydrogens (tertiary/aromatic N) is 1. The average molecular weight is 402 g/mol. The maximum absolute atomic E-state index is 12.2. The van der Waals surface area contributed by atoms with E-state index in [-0.39, 0.29) is 37.1 Å². The molecule has 0 saturated heterocycles. The number of hydrogen-bond donors (Lipinski definition) is 1. The predicted molar refractivity (Wildman–Crippen MR) is 103 cm³/mol. The summed E-state index contributed by atoms with van der Waals surface area (Å²) in [5.74, 6) is -2.54. The lowest BCUT2D eigenvalue weighted by molar-refractivity contribution is -0.490. The third kappa shape index (κ3) is 5.19. The van der Waals surface area contributed by atoms with Gasteiger partial charge in [0, 0.05) is 23.2 Å². The third-order valence-corrected chi connectivity index (χ3v) is 6.00. The van der Waals surface area contributed by atoms with E-state index in [2.05, 4.69) is 11.4 Å². The van der Waals surface area contributed by atoms with Crippen LogP contribution in [0, 0.1) is 27.9 Å². The van der Waals surface area contributed by atoms with Gasteiger partial charge in [0.15, 0.2) is 6.61 Å². The van der Waals surface area contributed by atoms with Crippen LogP contribution in [0.25, 0.3) is 0 Å². The van der Waals surface area contributed by atoms with Gasteiger partial charge in [-0.1, -0.05) is 31.2 Å². The van der Waals surface area contributed by atoms with Crippen LogP contribution in [0.4, 0.5) is 0 Å². The van der Waals surface area contributed by atoms with E-state index in [0.717, 1.165) is 24.8 Å². The SMILES string of the molecule is C[C@@H]1CC(=O)[C@@H](CC(=O)OCC(=O)N[C@@H]2CCCc3ccccc32)[C@@H]1C[N+](=O)[O-]. The molecule has 3 rings (SSSR count). The second-order valence-electron chi connectivity index (χ2n) is 8.01. The topological polar surface area (TPSA) is 116 Å². The van der Waals surface area contributed by atoms with Gasteiger partial charge in [-0.3, -0.25) is 24.5 Å². The fourth-order valence-electron chi connectivity index (χ4n) is 4.52. The van der Waals surface area contributed by atoms with Gasteiger partial charge in [-0.15, -0.1) is 0 Å². The van der Waals surface area contributed by atoms with E-state index in [0.29, 0.717) is 0 Å². The summed E-state index contributed by atoms with van der Waals surface area (Å²) < 4.78 is 5.06. The Morgan fingerprint density at radius 2 is 2.07 bits per heavy atom. The third-order valence-electron chi connectivity index (χ3n) is 6.00. The van der Waals surface area contributed by atoms with Gasteiger partial charge in [0.2, 0.25) is 6.54 Å². The van der Waals surface area contributed by atoms with Gasteiger partial charge in [0.25, 0.3) is 5.91 Å². The van der Waals surface area contributed by atoms with Crippen molar-refractivity contribution in [2.45, 2.75) is 45.1 Å². The van der Waals surface area contributed by atoms with Gasteiger partial charge in [-0.05, 0) is 36.3 Å². The maximum Gasteiger partial charge on any atom is 0.307 e. The molecule has 4 atom stereocenters. The number of nitro groups is 1. The number of esters is 1. The van der Waals surface area contributed by atoms with Crippen LogP contribution < -0.4 is 5.32 Å². The smallest absolute Gasteiger partial charge is 0.307 e. The quantitative estimate of drug-likeness (QED) is 0.425. The number of ether oxygens (including phenoxy) is 1. The van der Waals surface area contributed by atoms with Gasteiger partial charge >= 0.3 is 5.97 Å². The van der Waals surface area contributed by atoms with Gasteiger partial charge in [-0.25, -0.2) is 0 Å². The molecule has 0 unspecified atom stereocenters. The van der Waals surface area contributed by atoms with Crippen LogP contribution in [0.3, 0.4) is 0 Å². The van der Waals surface area contributed by atoms with Crippen LogP contribution in [0.1, 0.15) is 49.8 Å². The number of Topliss-reactive ketones (excluding diaryl/α,β-unsaturated/α-hetero) is 1. The van der Waals surface area contributed by atoms with Crippen LogP contribution in [-0.4, -0.2) is 35.7 Å². The zero-order valence-corrected chi connectivity index (χ0v) is 16.5. The largest absolute Gasteiger partial charge is 0.456 e. The molecule has 2 aliphatic rings. The predicted octanol–water partition coefficient (Wildman–Crippen LogP) is 2.23. The average Bonchev–Trinajstić information content (AvgIpc) is 2.93. The fourth-order valence-corrected chi connectivity index (χ4v) is 4.52. The van der Waals surface area contributed by atoms with E-state index in [1.807, 2.05) is 18.2 Å². The van der Waals surface area contributed by atoms with Crippen molar-refractivity contribution >= 4 is 17.7 Å². The summed E-state index contributed by atoms with van der Waals surface area (Å²) in [7, 11) is 0. The van der Waals surface area contributed by atoms with E-state index in [1.165, 1.54) is 5.56 Å². The van der Waals surface area contributed by atoms with E-state index in [1.54, 1.807) is 6.92 Å². The van der Waals surface area contributed by atoms with E-state index in [9.17, 15) is 24.5 Å². The molecule has 29 heavy (non-hydrogen) atoms. The first-order valence-corrected chi connectivity index (χ1v) is 10.0. The highest BCUT2D eigenvalue weighted by atomic mass is 16.6. The van der Waals surface area contributed by atoms with Crippen molar-refractivity contribution < 1.29 is 24.0 Å². The molecule has 1 fully saturated rings. The molecule has 1 saturated carbocycles. The van der Waals surface area contributed by atoms with E-state index in [4.69, 9.17) is 4.74 Å². The van der Waals surface area contributed by atoms with Crippen molar-refractivity contribution in [1.29, 1.82) is 0 Å². The van der Waals surface area contributed by atoms with Crippen molar-refractivity contribution in [3.05, 3.63) is 45.5 Å². The lowest BCUT2D eigenvalue weighted by Gasteiger charge is -2.26. The summed E-state index contributed by atoms with van der Waals surface area (Å²) in [4.78, 5) is 46.9. The Morgan fingerprint density at radius 3 is 2.83 bits per heavy atom. The summed E-state index contributed by atoms with van der Waals surface area (Å²) in [5.41, 5.74) is 2.30. The fraction of sp³-hybridized carbons (Fsp3) is 0.571. The number of hydrogen-bond acceptors (Lipinski definition) is 6. The maximum atomic E-state index is 12.2. The standard InChI is InChI=1S/C21H26N2O6/c1-13-9-19(24)16(17(13)11-23(27)28)10-21(26)29-12-20(25)22-18-8-4-6-14-5-2-3-7-15(14)18/h2-3,5,7,13,16-18H,4,6,8-12H2,1H3,(H,22,25)/t13-,16+,17-,18-/m1/s1. The number of ketones is 1. The number of carbonyl (C=O) groups is 3. The first kappa shape index (κ1) is 21.0. The van der Waals surface area contributed by atoms with Crippen molar-refractivity contribution in [3.8, 4) is 0 Å². The molecule has 2 aliphatic carbocycles. The summed E-state index contributed by atoms with van der Waals surface area (Å²) >= 11 is 0. The molecule has 0 radical (unpaired) electrons. The van der Waals surface area contributed by atoms with E-state index >= 15 is 0 Å².